The number of nitrogens with zero attached hydrogens (tertiary/aromatic N) is 2. The highest BCUT2D eigenvalue weighted by Crippen LogP contribution is 2.30. The summed E-state index contributed by atoms with van der Waals surface area (Å²) in [6.45, 7) is 1.35. The van der Waals surface area contributed by atoms with Crippen LogP contribution in [0.2, 0.25) is 0 Å². The summed E-state index contributed by atoms with van der Waals surface area (Å²) in [6.07, 6.45) is 1.59. The average Bonchev–Trinajstić information content (AvgIpc) is 3.54. The molecule has 13 nitrogen and oxygen atoms in total. The molecule has 0 bridgehead atoms. The molecule has 1 aromatic heterocycles. The molecular formula is C33H35N5O8S. The molecule has 0 radical (unpaired) electrons. The molecule has 0 fully saturated rings. The molecule has 0 saturated heterocycles. The Labute approximate surface area is 272 Å². The van der Waals surface area contributed by atoms with Crippen molar-refractivity contribution in [3.8, 4) is 11.5 Å². The first-order valence-electron chi connectivity index (χ1n) is 14.4. The van der Waals surface area contributed by atoms with E-state index in [-0.39, 0.29) is 29.5 Å². The van der Waals surface area contributed by atoms with Gasteiger partial charge >= 0.3 is 11.8 Å². The summed E-state index contributed by atoms with van der Waals surface area (Å²) in [6, 6.07) is 23.6. The second-order valence-electron chi connectivity index (χ2n) is 10.2. The van der Waals surface area contributed by atoms with Gasteiger partial charge in [-0.15, -0.1) is 0 Å². The number of nitrogens with one attached hydrogen (secondary N) is 3. The monoisotopic (exact) mass is 661 g/mol. The lowest BCUT2D eigenvalue weighted by Gasteiger charge is -2.22. The molecule has 0 spiro atoms. The first kappa shape index (κ1) is 34.4. The number of hydrazone groups is 1. The molecule has 3 aromatic carbocycles. The average molecular weight is 662 g/mol. The van der Waals surface area contributed by atoms with Gasteiger partial charge in [0.2, 0.25) is 10.0 Å². The molecule has 0 aliphatic rings. The number of ether oxygens (including phenoxy) is 2. The summed E-state index contributed by atoms with van der Waals surface area (Å²) in [5.41, 5.74) is 4.73. The second kappa shape index (κ2) is 16.2. The van der Waals surface area contributed by atoms with Crippen LogP contribution in [0, 0.1) is 6.92 Å². The van der Waals surface area contributed by atoms with E-state index in [1.54, 1.807) is 24.3 Å². The molecule has 0 unspecified atom stereocenters. The molecule has 3 N–H and O–H groups in total. The topological polar surface area (TPSA) is 169 Å². The molecule has 4 aromatic rings. The Morgan fingerprint density at radius 2 is 1.62 bits per heavy atom. The molecule has 0 atom stereocenters. The van der Waals surface area contributed by atoms with Gasteiger partial charge in [-0.1, -0.05) is 48.0 Å². The standard InChI is InChI=1S/C33H35N5O8S/c1-23-9-11-25(12-10-23)36-33(41)32(40)34-20-26-13-14-27(46-26)21-35-37-31(39)22-38(18-17-24-7-5-4-6-8-24)47(42,43)28-15-16-29(44-2)30(19-28)45-3/h4-16,19,21H,17-18,20,22H2,1-3H3,(H,34,40)(H,36,41)(H,37,39)/b35-21-. The largest absolute Gasteiger partial charge is 0.493 e. The molecule has 0 aliphatic carbocycles. The number of carbonyl (C=O) groups excluding carboxylic acids is 3. The summed E-state index contributed by atoms with van der Waals surface area (Å²) in [5, 5.41) is 8.86. The van der Waals surface area contributed by atoms with Gasteiger partial charge in [-0.2, -0.15) is 9.41 Å². The number of carbonyl (C=O) groups is 3. The van der Waals surface area contributed by atoms with E-state index in [1.807, 2.05) is 49.4 Å². The van der Waals surface area contributed by atoms with Gasteiger partial charge in [-0.3, -0.25) is 14.4 Å². The van der Waals surface area contributed by atoms with Crippen molar-refractivity contribution < 1.29 is 36.7 Å². The molecular weight excluding hydrogens is 626 g/mol. The van der Waals surface area contributed by atoms with E-state index in [4.69, 9.17) is 13.9 Å². The Kier molecular flexibility index (Phi) is 11.9. The van der Waals surface area contributed by atoms with E-state index < -0.39 is 34.3 Å². The zero-order chi connectivity index (χ0) is 33.8. The van der Waals surface area contributed by atoms with Crippen LogP contribution in [0.15, 0.2) is 99.3 Å². The maximum Gasteiger partial charge on any atom is 0.313 e. The molecule has 0 saturated carbocycles. The van der Waals surface area contributed by atoms with Crippen LogP contribution in [0.1, 0.15) is 22.6 Å². The van der Waals surface area contributed by atoms with E-state index >= 15 is 0 Å². The van der Waals surface area contributed by atoms with Crippen LogP contribution in [0.3, 0.4) is 0 Å². The Balaban J connectivity index is 1.35. The predicted molar refractivity (Wildman–Crippen MR) is 175 cm³/mol. The number of anilines is 1. The van der Waals surface area contributed by atoms with Crippen molar-refractivity contribution in [2.45, 2.75) is 24.8 Å². The lowest BCUT2D eigenvalue weighted by molar-refractivity contribution is -0.136. The van der Waals surface area contributed by atoms with E-state index in [0.717, 1.165) is 15.4 Å². The minimum Gasteiger partial charge on any atom is -0.493 e. The van der Waals surface area contributed by atoms with Gasteiger partial charge in [0.15, 0.2) is 11.5 Å². The second-order valence-corrected chi connectivity index (χ2v) is 12.1. The number of sulfonamides is 1. The highest BCUT2D eigenvalue weighted by atomic mass is 32.2. The smallest absolute Gasteiger partial charge is 0.313 e. The molecule has 3 amide bonds. The van der Waals surface area contributed by atoms with E-state index in [9.17, 15) is 22.8 Å². The van der Waals surface area contributed by atoms with Crippen molar-refractivity contribution in [2.75, 3.05) is 32.6 Å². The fraction of sp³-hybridized carbons (Fsp3) is 0.212. The third-order valence-corrected chi connectivity index (χ3v) is 8.65. The zero-order valence-corrected chi connectivity index (χ0v) is 26.9. The number of furan rings is 1. The lowest BCUT2D eigenvalue weighted by atomic mass is 10.1. The Morgan fingerprint density at radius 1 is 0.894 bits per heavy atom. The van der Waals surface area contributed by atoms with Crippen LogP contribution < -0.4 is 25.5 Å². The van der Waals surface area contributed by atoms with E-state index in [0.29, 0.717) is 23.6 Å². The Hall–Kier alpha value is -5.47. The number of hydrogen-bond donors (Lipinski definition) is 3. The maximum atomic E-state index is 13.7. The molecule has 4 rings (SSSR count). The first-order valence-corrected chi connectivity index (χ1v) is 15.9. The van der Waals surface area contributed by atoms with Gasteiger partial charge in [0.05, 0.1) is 38.4 Å². The minimum atomic E-state index is -4.13. The molecule has 14 heteroatoms. The number of methoxy groups -OCH3 is 2. The lowest BCUT2D eigenvalue weighted by Crippen LogP contribution is -2.40. The van der Waals surface area contributed by atoms with Crippen LogP contribution in [0.5, 0.6) is 11.5 Å². The Bertz CT molecular complexity index is 1820. The van der Waals surface area contributed by atoms with Crippen LogP contribution in [-0.2, 0) is 37.4 Å². The minimum absolute atomic E-state index is 0.0220. The zero-order valence-electron chi connectivity index (χ0n) is 26.1. The van der Waals surface area contributed by atoms with Crippen molar-refractivity contribution >= 4 is 39.6 Å². The third-order valence-electron chi connectivity index (χ3n) is 6.81. The summed E-state index contributed by atoms with van der Waals surface area (Å²) in [4.78, 5) is 37.1. The van der Waals surface area contributed by atoms with E-state index in [2.05, 4.69) is 21.2 Å². The van der Waals surface area contributed by atoms with Gasteiger partial charge < -0.3 is 24.5 Å². The van der Waals surface area contributed by atoms with Gasteiger partial charge in [-0.05, 0) is 55.3 Å². The predicted octanol–water partition coefficient (Wildman–Crippen LogP) is 3.24. The maximum absolute atomic E-state index is 13.7. The van der Waals surface area contributed by atoms with Gasteiger partial charge in [0, 0.05) is 18.3 Å². The van der Waals surface area contributed by atoms with Crippen molar-refractivity contribution in [3.05, 3.63) is 108 Å². The third kappa shape index (κ3) is 9.76. The van der Waals surface area contributed by atoms with Crippen molar-refractivity contribution in [3.63, 3.8) is 0 Å². The number of amides is 3. The quantitative estimate of drug-likeness (QED) is 0.105. The fourth-order valence-corrected chi connectivity index (χ4v) is 5.72. The summed E-state index contributed by atoms with van der Waals surface area (Å²) < 4.78 is 44.4. The fourth-order valence-electron chi connectivity index (χ4n) is 4.30. The van der Waals surface area contributed by atoms with Crippen molar-refractivity contribution in [1.29, 1.82) is 0 Å². The van der Waals surface area contributed by atoms with E-state index in [1.165, 1.54) is 38.6 Å². The van der Waals surface area contributed by atoms with Crippen LogP contribution >= 0.6 is 0 Å². The number of rotatable bonds is 14. The highest BCUT2D eigenvalue weighted by Gasteiger charge is 2.28. The summed E-state index contributed by atoms with van der Waals surface area (Å²) in [5.74, 6) is -1.17. The van der Waals surface area contributed by atoms with Crippen LogP contribution in [0.25, 0.3) is 0 Å². The van der Waals surface area contributed by atoms with Gasteiger partial charge in [-0.25, -0.2) is 13.8 Å². The summed E-state index contributed by atoms with van der Waals surface area (Å²) >= 11 is 0. The molecule has 246 valence electrons. The molecule has 1 heterocycles. The van der Waals surface area contributed by atoms with Gasteiger partial charge in [0.25, 0.3) is 5.91 Å². The number of aryl methyl sites for hydroxylation is 1. The number of hydrogen-bond acceptors (Lipinski definition) is 9. The SMILES string of the molecule is COc1ccc(S(=O)(=O)N(CCc2ccccc2)CC(=O)N/N=C\c2ccc(CNC(=O)C(=O)Nc3ccc(C)cc3)o2)cc1OC. The number of benzene rings is 3. The van der Waals surface area contributed by atoms with Gasteiger partial charge in [0.1, 0.15) is 11.5 Å². The Morgan fingerprint density at radius 3 is 2.32 bits per heavy atom. The van der Waals surface area contributed by atoms with Crippen LogP contribution in [-0.4, -0.2) is 64.0 Å². The summed E-state index contributed by atoms with van der Waals surface area (Å²) in [7, 11) is -1.29. The highest BCUT2D eigenvalue weighted by molar-refractivity contribution is 7.89. The first-order chi connectivity index (χ1) is 22.6. The molecule has 0 aliphatic heterocycles. The van der Waals surface area contributed by atoms with Crippen LogP contribution in [0.4, 0.5) is 5.69 Å². The van der Waals surface area contributed by atoms with Crippen molar-refractivity contribution in [1.82, 2.24) is 15.0 Å². The molecule has 47 heavy (non-hydrogen) atoms. The van der Waals surface area contributed by atoms with Crippen molar-refractivity contribution in [2.24, 2.45) is 5.10 Å². The normalized spacial score (nSPS) is 11.3.